The molecule has 1 heterocycles. The zero-order chi connectivity index (χ0) is 14.4. The molecule has 0 spiro atoms. The smallest absolute Gasteiger partial charge is 0.313 e. The van der Waals surface area contributed by atoms with Crippen molar-refractivity contribution in [2.45, 2.75) is 44.9 Å². The molecule has 1 rings (SSSR count). The first-order valence-corrected chi connectivity index (χ1v) is 7.53. The van der Waals surface area contributed by atoms with Gasteiger partial charge < -0.3 is 14.6 Å². The highest BCUT2D eigenvalue weighted by Crippen LogP contribution is 2.19. The summed E-state index contributed by atoms with van der Waals surface area (Å²) in [5.74, 6) is -0.753. The van der Waals surface area contributed by atoms with E-state index in [2.05, 4.69) is 42.3 Å². The maximum atomic E-state index is 10.6. The molecule has 0 saturated heterocycles. The standard InChI is InChI=1S/C13H23N3O2S/c1-5-11-8-14-13(19-9-12(17)18)16(11)7-6-15(4)10(2)3/h8,10H,5-7,9H2,1-4H3,(H,17,18). The Balaban J connectivity index is 2.72. The van der Waals surface area contributed by atoms with Gasteiger partial charge in [0.15, 0.2) is 5.16 Å². The van der Waals surface area contributed by atoms with Crippen molar-refractivity contribution in [1.82, 2.24) is 14.5 Å². The summed E-state index contributed by atoms with van der Waals surface area (Å²) < 4.78 is 2.13. The molecule has 0 fully saturated rings. The number of imidazole rings is 1. The summed E-state index contributed by atoms with van der Waals surface area (Å²) in [5, 5.41) is 9.56. The van der Waals surface area contributed by atoms with Gasteiger partial charge >= 0.3 is 5.97 Å². The number of aromatic nitrogens is 2. The first kappa shape index (κ1) is 16.0. The molecule has 0 amide bonds. The van der Waals surface area contributed by atoms with Crippen LogP contribution < -0.4 is 0 Å². The molecule has 19 heavy (non-hydrogen) atoms. The van der Waals surface area contributed by atoms with Gasteiger partial charge in [-0.15, -0.1) is 0 Å². The minimum Gasteiger partial charge on any atom is -0.481 e. The summed E-state index contributed by atoms with van der Waals surface area (Å²) in [6.45, 7) is 8.19. The van der Waals surface area contributed by atoms with Crippen LogP contribution in [0.15, 0.2) is 11.4 Å². The third-order valence-corrected chi connectivity index (χ3v) is 4.12. The molecule has 6 heteroatoms. The number of likely N-dealkylation sites (N-methyl/N-ethyl adjacent to an activating group) is 1. The predicted octanol–water partition coefficient (Wildman–Crippen LogP) is 1.96. The molecule has 108 valence electrons. The monoisotopic (exact) mass is 285 g/mol. The molecule has 0 unspecified atom stereocenters. The number of hydrogen-bond donors (Lipinski definition) is 1. The van der Waals surface area contributed by atoms with E-state index in [1.165, 1.54) is 11.8 Å². The molecule has 0 aromatic carbocycles. The van der Waals surface area contributed by atoms with Crippen molar-refractivity contribution >= 4 is 17.7 Å². The lowest BCUT2D eigenvalue weighted by Gasteiger charge is -2.22. The number of aliphatic carboxylic acids is 1. The zero-order valence-electron chi connectivity index (χ0n) is 12.1. The molecule has 1 N–H and O–H groups in total. The average Bonchev–Trinajstić information content (AvgIpc) is 2.75. The van der Waals surface area contributed by atoms with Gasteiger partial charge in [0.25, 0.3) is 0 Å². The molecule has 1 aromatic rings. The predicted molar refractivity (Wildman–Crippen MR) is 77.7 cm³/mol. The van der Waals surface area contributed by atoms with E-state index >= 15 is 0 Å². The Bertz CT molecular complexity index is 418. The van der Waals surface area contributed by atoms with Crippen LogP contribution in [0.25, 0.3) is 0 Å². The van der Waals surface area contributed by atoms with E-state index in [9.17, 15) is 4.79 Å². The van der Waals surface area contributed by atoms with Crippen molar-refractivity contribution in [3.8, 4) is 0 Å². The number of thioether (sulfide) groups is 1. The molecule has 5 nitrogen and oxygen atoms in total. The number of carboxylic acid groups (broad SMARTS) is 1. The van der Waals surface area contributed by atoms with Crippen LogP contribution in [-0.4, -0.2) is 50.9 Å². The van der Waals surface area contributed by atoms with E-state index in [-0.39, 0.29) is 5.75 Å². The van der Waals surface area contributed by atoms with Crippen LogP contribution in [0.5, 0.6) is 0 Å². The lowest BCUT2D eigenvalue weighted by atomic mass is 10.3. The van der Waals surface area contributed by atoms with Crippen molar-refractivity contribution in [1.29, 1.82) is 0 Å². The second kappa shape index (κ2) is 7.55. The van der Waals surface area contributed by atoms with Crippen molar-refractivity contribution < 1.29 is 9.90 Å². The molecular weight excluding hydrogens is 262 g/mol. The van der Waals surface area contributed by atoms with Crippen LogP contribution >= 0.6 is 11.8 Å². The van der Waals surface area contributed by atoms with Crippen molar-refractivity contribution in [2.75, 3.05) is 19.3 Å². The SMILES string of the molecule is CCc1cnc(SCC(=O)O)n1CCN(C)C(C)C. The van der Waals surface area contributed by atoms with Crippen molar-refractivity contribution in [3.05, 3.63) is 11.9 Å². The lowest BCUT2D eigenvalue weighted by Crippen LogP contribution is -2.30. The van der Waals surface area contributed by atoms with Gasteiger partial charge in [-0.25, -0.2) is 4.98 Å². The van der Waals surface area contributed by atoms with Gasteiger partial charge in [-0.05, 0) is 27.3 Å². The maximum Gasteiger partial charge on any atom is 0.313 e. The normalized spacial score (nSPS) is 11.5. The average molecular weight is 285 g/mol. The largest absolute Gasteiger partial charge is 0.481 e. The number of aryl methyl sites for hydroxylation is 1. The van der Waals surface area contributed by atoms with E-state index in [1.54, 1.807) is 0 Å². The first-order chi connectivity index (χ1) is 8.95. The molecular formula is C13H23N3O2S. The van der Waals surface area contributed by atoms with Crippen LogP contribution in [0.2, 0.25) is 0 Å². The molecule has 1 aromatic heterocycles. The molecule has 0 bridgehead atoms. The Morgan fingerprint density at radius 1 is 1.58 bits per heavy atom. The van der Waals surface area contributed by atoms with Gasteiger partial charge in [0, 0.05) is 31.0 Å². The molecule has 0 aliphatic carbocycles. The maximum absolute atomic E-state index is 10.6. The summed E-state index contributed by atoms with van der Waals surface area (Å²) >= 11 is 1.29. The Kier molecular flexibility index (Phi) is 6.37. The van der Waals surface area contributed by atoms with Crippen LogP contribution in [0.1, 0.15) is 26.5 Å². The highest BCUT2D eigenvalue weighted by molar-refractivity contribution is 7.99. The fourth-order valence-electron chi connectivity index (χ4n) is 1.67. The summed E-state index contributed by atoms with van der Waals surface area (Å²) in [5.41, 5.74) is 1.16. The highest BCUT2D eigenvalue weighted by atomic mass is 32.2. The van der Waals surface area contributed by atoms with E-state index < -0.39 is 5.97 Å². The first-order valence-electron chi connectivity index (χ1n) is 6.55. The van der Waals surface area contributed by atoms with Crippen LogP contribution in [0.3, 0.4) is 0 Å². The van der Waals surface area contributed by atoms with Gasteiger partial charge in [-0.3, -0.25) is 4.79 Å². The third-order valence-electron chi connectivity index (χ3n) is 3.15. The number of nitrogens with zero attached hydrogens (tertiary/aromatic N) is 3. The van der Waals surface area contributed by atoms with Gasteiger partial charge in [-0.1, -0.05) is 18.7 Å². The van der Waals surface area contributed by atoms with Crippen molar-refractivity contribution in [2.24, 2.45) is 0 Å². The topological polar surface area (TPSA) is 58.4 Å². The van der Waals surface area contributed by atoms with E-state index in [1.807, 2.05) is 6.20 Å². The Morgan fingerprint density at radius 2 is 2.26 bits per heavy atom. The molecule has 0 aliphatic heterocycles. The summed E-state index contributed by atoms with van der Waals surface area (Å²) in [7, 11) is 2.09. The Labute approximate surface area is 119 Å². The van der Waals surface area contributed by atoms with E-state index in [4.69, 9.17) is 5.11 Å². The summed E-state index contributed by atoms with van der Waals surface area (Å²) in [6.07, 6.45) is 2.76. The molecule has 0 atom stereocenters. The van der Waals surface area contributed by atoms with Crippen LogP contribution in [-0.2, 0) is 17.8 Å². The van der Waals surface area contributed by atoms with Crippen LogP contribution in [0.4, 0.5) is 0 Å². The zero-order valence-corrected chi connectivity index (χ0v) is 12.9. The minimum absolute atomic E-state index is 0.0557. The van der Waals surface area contributed by atoms with Crippen molar-refractivity contribution in [3.63, 3.8) is 0 Å². The number of carbonyl (C=O) groups is 1. The number of carboxylic acids is 1. The minimum atomic E-state index is -0.808. The van der Waals surface area contributed by atoms with E-state index in [0.29, 0.717) is 6.04 Å². The fraction of sp³-hybridized carbons (Fsp3) is 0.692. The van der Waals surface area contributed by atoms with E-state index in [0.717, 1.165) is 30.4 Å². The van der Waals surface area contributed by atoms with Gasteiger partial charge in [-0.2, -0.15) is 0 Å². The Morgan fingerprint density at radius 3 is 2.79 bits per heavy atom. The fourth-order valence-corrected chi connectivity index (χ4v) is 2.41. The second-order valence-corrected chi connectivity index (χ2v) is 5.74. The third kappa shape index (κ3) is 4.87. The highest BCUT2D eigenvalue weighted by Gasteiger charge is 2.12. The van der Waals surface area contributed by atoms with Gasteiger partial charge in [0.05, 0.1) is 5.75 Å². The number of rotatable bonds is 8. The van der Waals surface area contributed by atoms with Gasteiger partial charge in [0.2, 0.25) is 0 Å². The quantitative estimate of drug-likeness (QED) is 0.740. The molecule has 0 saturated carbocycles. The Hall–Kier alpha value is -1.01. The van der Waals surface area contributed by atoms with Gasteiger partial charge in [0.1, 0.15) is 0 Å². The second-order valence-electron chi connectivity index (χ2n) is 4.79. The summed E-state index contributed by atoms with van der Waals surface area (Å²) in [4.78, 5) is 17.2. The molecule has 0 aliphatic rings. The lowest BCUT2D eigenvalue weighted by molar-refractivity contribution is -0.133. The van der Waals surface area contributed by atoms with Crippen LogP contribution in [0, 0.1) is 0 Å². The molecule has 0 radical (unpaired) electrons. The summed E-state index contributed by atoms with van der Waals surface area (Å²) in [6, 6.07) is 0.503. The number of hydrogen-bond acceptors (Lipinski definition) is 4.